The molecular formula is C23H27F2N3O4S. The molecule has 2 aliphatic heterocycles. The van der Waals surface area contributed by atoms with Crippen LogP contribution < -0.4 is 10.6 Å². The fourth-order valence-electron chi connectivity index (χ4n) is 4.63. The minimum Gasteiger partial charge on any atom is -0.388 e. The lowest BCUT2D eigenvalue weighted by atomic mass is 9.77. The third kappa shape index (κ3) is 5.44. The number of aliphatic hydroxyl groups excluding tert-OH is 1. The first kappa shape index (κ1) is 23.4. The zero-order valence-corrected chi connectivity index (χ0v) is 19.1. The predicted molar refractivity (Wildman–Crippen MR) is 120 cm³/mol. The fourth-order valence-corrected chi connectivity index (χ4v) is 5.41. The van der Waals surface area contributed by atoms with E-state index >= 15 is 0 Å². The molecule has 2 aromatic carbocycles. The van der Waals surface area contributed by atoms with Crippen LogP contribution in [0.3, 0.4) is 0 Å². The molecule has 33 heavy (non-hydrogen) atoms. The van der Waals surface area contributed by atoms with Crippen LogP contribution in [0, 0.1) is 11.6 Å². The van der Waals surface area contributed by atoms with Gasteiger partial charge in [-0.3, -0.25) is 0 Å². The SMILES string of the molecule is CS(=O)(=O)Cc1cc(CNC(=O)N2CCC3(CC2)CC(O)c2cc(F)ccc2N3)ccc1F. The van der Waals surface area contributed by atoms with E-state index in [0.717, 1.165) is 6.26 Å². The van der Waals surface area contributed by atoms with Gasteiger partial charge in [-0.2, -0.15) is 0 Å². The minimum absolute atomic E-state index is 0.0752. The second kappa shape index (κ2) is 8.90. The summed E-state index contributed by atoms with van der Waals surface area (Å²) in [5, 5.41) is 16.8. The highest BCUT2D eigenvalue weighted by Crippen LogP contribution is 2.42. The molecule has 1 unspecified atom stereocenters. The van der Waals surface area contributed by atoms with Gasteiger partial charge >= 0.3 is 6.03 Å². The van der Waals surface area contributed by atoms with Crippen molar-refractivity contribution in [1.29, 1.82) is 0 Å². The predicted octanol–water partition coefficient (Wildman–Crippen LogP) is 3.10. The Hall–Kier alpha value is -2.72. The highest BCUT2D eigenvalue weighted by molar-refractivity contribution is 7.89. The zero-order chi connectivity index (χ0) is 23.8. The smallest absolute Gasteiger partial charge is 0.317 e. The number of halogens is 2. The van der Waals surface area contributed by atoms with Crippen molar-refractivity contribution in [2.75, 3.05) is 24.7 Å². The molecule has 10 heteroatoms. The molecular weight excluding hydrogens is 452 g/mol. The number of nitrogens with zero attached hydrogens (tertiary/aromatic N) is 1. The van der Waals surface area contributed by atoms with Gasteiger partial charge in [0.1, 0.15) is 11.6 Å². The largest absolute Gasteiger partial charge is 0.388 e. The van der Waals surface area contributed by atoms with Gasteiger partial charge in [-0.25, -0.2) is 22.0 Å². The standard InChI is InChI=1S/C23H27F2N3O4S/c1-33(31,32)14-16-10-15(2-4-19(16)25)13-26-22(30)28-8-6-23(7-9-28)12-21(29)18-11-17(24)3-5-20(18)27-23/h2-5,10-11,21,27,29H,6-9,12-14H2,1H3,(H,26,30). The number of hydrogen-bond donors (Lipinski definition) is 3. The number of sulfone groups is 1. The molecule has 0 saturated carbocycles. The maximum absolute atomic E-state index is 13.9. The van der Waals surface area contributed by atoms with Crippen molar-refractivity contribution in [2.45, 2.75) is 43.2 Å². The summed E-state index contributed by atoms with van der Waals surface area (Å²) in [6.45, 7) is 1.10. The van der Waals surface area contributed by atoms with Crippen molar-refractivity contribution in [3.05, 3.63) is 64.7 Å². The van der Waals surface area contributed by atoms with E-state index in [1.54, 1.807) is 11.0 Å². The normalized spacial score (nSPS) is 19.6. The molecule has 178 valence electrons. The lowest BCUT2D eigenvalue weighted by Crippen LogP contribution is -2.54. The van der Waals surface area contributed by atoms with Crippen molar-refractivity contribution >= 4 is 21.6 Å². The maximum atomic E-state index is 13.9. The number of likely N-dealkylation sites (tertiary alicyclic amines) is 1. The van der Waals surface area contributed by atoms with Gasteiger partial charge in [0.25, 0.3) is 0 Å². The van der Waals surface area contributed by atoms with Crippen LogP contribution in [-0.4, -0.2) is 49.3 Å². The van der Waals surface area contributed by atoms with Gasteiger partial charge < -0.3 is 20.6 Å². The molecule has 1 fully saturated rings. The minimum atomic E-state index is -3.38. The van der Waals surface area contributed by atoms with E-state index in [1.165, 1.54) is 30.3 Å². The monoisotopic (exact) mass is 479 g/mol. The number of urea groups is 1. The summed E-state index contributed by atoms with van der Waals surface area (Å²) < 4.78 is 50.4. The number of amides is 2. The number of rotatable bonds is 4. The summed E-state index contributed by atoms with van der Waals surface area (Å²) in [6.07, 6.45) is 1.97. The molecule has 0 aromatic heterocycles. The van der Waals surface area contributed by atoms with E-state index in [-0.39, 0.29) is 29.5 Å². The van der Waals surface area contributed by atoms with Crippen LogP contribution in [0.4, 0.5) is 19.3 Å². The van der Waals surface area contributed by atoms with E-state index in [1.807, 2.05) is 0 Å². The van der Waals surface area contributed by atoms with Gasteiger partial charge in [0.15, 0.2) is 9.84 Å². The summed E-state index contributed by atoms with van der Waals surface area (Å²) in [7, 11) is -3.38. The highest BCUT2D eigenvalue weighted by atomic mass is 32.2. The highest BCUT2D eigenvalue weighted by Gasteiger charge is 2.41. The molecule has 4 rings (SSSR count). The average molecular weight is 480 g/mol. The van der Waals surface area contributed by atoms with Crippen molar-refractivity contribution < 1.29 is 27.1 Å². The van der Waals surface area contributed by atoms with Gasteiger partial charge in [-0.15, -0.1) is 0 Å². The molecule has 2 aromatic rings. The molecule has 0 radical (unpaired) electrons. The number of hydrogen-bond acceptors (Lipinski definition) is 5. The molecule has 3 N–H and O–H groups in total. The van der Waals surface area contributed by atoms with Crippen molar-refractivity contribution in [3.63, 3.8) is 0 Å². The maximum Gasteiger partial charge on any atom is 0.317 e. The number of aliphatic hydroxyl groups is 1. The Morgan fingerprint density at radius 3 is 2.64 bits per heavy atom. The van der Waals surface area contributed by atoms with E-state index in [4.69, 9.17) is 0 Å². The van der Waals surface area contributed by atoms with Crippen LogP contribution in [0.2, 0.25) is 0 Å². The topological polar surface area (TPSA) is 98.7 Å². The Balaban J connectivity index is 1.34. The molecule has 0 aliphatic carbocycles. The second-order valence-electron chi connectivity index (χ2n) is 9.00. The van der Waals surface area contributed by atoms with Gasteiger partial charge in [0.2, 0.25) is 0 Å². The average Bonchev–Trinajstić information content (AvgIpc) is 2.74. The molecule has 1 saturated heterocycles. The van der Waals surface area contributed by atoms with Gasteiger partial charge in [-0.1, -0.05) is 12.1 Å². The molecule has 0 bridgehead atoms. The van der Waals surface area contributed by atoms with Crippen molar-refractivity contribution in [1.82, 2.24) is 10.2 Å². The number of nitrogens with one attached hydrogen (secondary N) is 2. The quantitative estimate of drug-likeness (QED) is 0.626. The summed E-state index contributed by atoms with van der Waals surface area (Å²) in [5.41, 5.74) is 1.59. The van der Waals surface area contributed by atoms with Crippen molar-refractivity contribution in [3.8, 4) is 0 Å². The first-order chi connectivity index (χ1) is 15.5. The van der Waals surface area contributed by atoms with Crippen LogP contribution in [0.25, 0.3) is 0 Å². The molecule has 2 heterocycles. The number of fused-ring (bicyclic) bond motifs is 1. The van der Waals surface area contributed by atoms with E-state index in [0.29, 0.717) is 49.2 Å². The number of carbonyl (C=O) groups excluding carboxylic acids is 1. The van der Waals surface area contributed by atoms with Gasteiger partial charge in [0.05, 0.1) is 11.9 Å². The van der Waals surface area contributed by atoms with Gasteiger partial charge in [0, 0.05) is 54.7 Å². The lowest BCUT2D eigenvalue weighted by molar-refractivity contribution is 0.0988. The zero-order valence-electron chi connectivity index (χ0n) is 18.3. The molecule has 1 spiro atoms. The van der Waals surface area contributed by atoms with Crippen LogP contribution in [-0.2, 0) is 22.1 Å². The third-order valence-corrected chi connectivity index (χ3v) is 7.17. The van der Waals surface area contributed by atoms with Crippen LogP contribution in [0.1, 0.15) is 42.1 Å². The first-order valence-corrected chi connectivity index (χ1v) is 12.8. The second-order valence-corrected chi connectivity index (χ2v) is 11.1. The van der Waals surface area contributed by atoms with Gasteiger partial charge in [-0.05, 0) is 42.7 Å². The molecule has 2 amide bonds. The van der Waals surface area contributed by atoms with E-state index in [9.17, 15) is 27.1 Å². The number of anilines is 1. The lowest BCUT2D eigenvalue weighted by Gasteiger charge is -2.47. The van der Waals surface area contributed by atoms with Crippen LogP contribution in [0.5, 0.6) is 0 Å². The Morgan fingerprint density at radius 1 is 1.21 bits per heavy atom. The third-order valence-electron chi connectivity index (χ3n) is 6.34. The van der Waals surface area contributed by atoms with Crippen LogP contribution in [0.15, 0.2) is 36.4 Å². The Morgan fingerprint density at radius 2 is 1.94 bits per heavy atom. The summed E-state index contributed by atoms with van der Waals surface area (Å²) >= 11 is 0. The number of carbonyl (C=O) groups is 1. The molecule has 2 aliphatic rings. The fraction of sp³-hybridized carbons (Fsp3) is 0.435. The first-order valence-electron chi connectivity index (χ1n) is 10.8. The van der Waals surface area contributed by atoms with Crippen LogP contribution >= 0.6 is 0 Å². The Labute approximate surface area is 191 Å². The van der Waals surface area contributed by atoms with Crippen molar-refractivity contribution in [2.24, 2.45) is 0 Å². The molecule has 7 nitrogen and oxygen atoms in total. The van der Waals surface area contributed by atoms with E-state index in [2.05, 4.69) is 10.6 Å². The summed E-state index contributed by atoms with van der Waals surface area (Å²) in [6, 6.07) is 8.24. The number of piperidine rings is 1. The summed E-state index contributed by atoms with van der Waals surface area (Å²) in [5.74, 6) is -1.38. The Bertz CT molecular complexity index is 1160. The summed E-state index contributed by atoms with van der Waals surface area (Å²) in [4.78, 5) is 14.3. The Kier molecular flexibility index (Phi) is 6.32. The van der Waals surface area contributed by atoms with E-state index < -0.39 is 27.5 Å². The molecule has 1 atom stereocenters. The number of benzene rings is 2.